The van der Waals surface area contributed by atoms with Gasteiger partial charge in [0.25, 0.3) is 5.91 Å². The molecule has 0 bridgehead atoms. The Labute approximate surface area is 101 Å². The molecule has 1 amide bonds. The Hall–Kier alpha value is -1.39. The van der Waals surface area contributed by atoms with Gasteiger partial charge in [-0.15, -0.1) is 0 Å². The zero-order valence-electron chi connectivity index (χ0n) is 10.1. The van der Waals surface area contributed by atoms with Crippen LogP contribution < -0.4 is 5.90 Å². The van der Waals surface area contributed by atoms with Gasteiger partial charge in [-0.05, 0) is 31.9 Å². The lowest BCUT2D eigenvalue weighted by molar-refractivity contribution is 0.000965. The van der Waals surface area contributed by atoms with Gasteiger partial charge in [-0.1, -0.05) is 17.7 Å². The molecule has 1 fully saturated rings. The Morgan fingerprint density at radius 2 is 2.12 bits per heavy atom. The summed E-state index contributed by atoms with van der Waals surface area (Å²) in [6, 6.07) is 7.64. The molecule has 1 atom stereocenters. The number of nitrogens with zero attached hydrogens (tertiary/aromatic N) is 1. The summed E-state index contributed by atoms with van der Waals surface area (Å²) in [5, 5.41) is 0. The number of nitrogens with two attached hydrogens (primary N) is 1. The molecular weight excluding hydrogens is 216 g/mol. The summed E-state index contributed by atoms with van der Waals surface area (Å²) in [6.45, 7) is 3.38. The molecule has 2 rings (SSSR count). The van der Waals surface area contributed by atoms with E-state index >= 15 is 0 Å². The average molecular weight is 234 g/mol. The number of aryl methyl sites for hydroxylation is 1. The Balaban J connectivity index is 2.06. The molecule has 0 spiro atoms. The summed E-state index contributed by atoms with van der Waals surface area (Å²) >= 11 is 0. The number of rotatable bonds is 2. The smallest absolute Gasteiger partial charge is 0.253 e. The van der Waals surface area contributed by atoms with Crippen LogP contribution in [0.4, 0.5) is 0 Å². The molecular formula is C13H18N2O2. The average Bonchev–Trinajstić information content (AvgIpc) is 2.39. The van der Waals surface area contributed by atoms with Crippen molar-refractivity contribution in [3.63, 3.8) is 0 Å². The van der Waals surface area contributed by atoms with Crippen molar-refractivity contribution in [1.29, 1.82) is 0 Å². The first-order valence-corrected chi connectivity index (χ1v) is 5.92. The SMILES string of the molecule is Cc1ccc(C(=O)N2CCCC(ON)C2)cc1. The van der Waals surface area contributed by atoms with Gasteiger partial charge in [0.15, 0.2) is 0 Å². The second-order valence-corrected chi connectivity index (χ2v) is 4.52. The largest absolute Gasteiger partial charge is 0.336 e. The molecule has 0 saturated carbocycles. The Kier molecular flexibility index (Phi) is 3.76. The summed E-state index contributed by atoms with van der Waals surface area (Å²) < 4.78 is 0. The normalized spacial score (nSPS) is 20.4. The van der Waals surface area contributed by atoms with Crippen LogP contribution in [0.3, 0.4) is 0 Å². The highest BCUT2D eigenvalue weighted by atomic mass is 16.6. The molecule has 0 radical (unpaired) electrons. The first-order valence-electron chi connectivity index (χ1n) is 5.92. The fraction of sp³-hybridized carbons (Fsp3) is 0.462. The lowest BCUT2D eigenvalue weighted by Gasteiger charge is -2.31. The molecule has 4 heteroatoms. The number of amides is 1. The number of likely N-dealkylation sites (tertiary alicyclic amines) is 1. The van der Waals surface area contributed by atoms with Gasteiger partial charge in [0, 0.05) is 18.7 Å². The van der Waals surface area contributed by atoms with Crippen LogP contribution in [0.2, 0.25) is 0 Å². The molecule has 2 N–H and O–H groups in total. The summed E-state index contributed by atoms with van der Waals surface area (Å²) in [4.78, 5) is 18.8. The molecule has 0 aliphatic carbocycles. The maximum atomic E-state index is 12.2. The molecule has 1 aliphatic heterocycles. The van der Waals surface area contributed by atoms with E-state index in [4.69, 9.17) is 10.7 Å². The van der Waals surface area contributed by atoms with Crippen molar-refractivity contribution in [1.82, 2.24) is 4.90 Å². The second-order valence-electron chi connectivity index (χ2n) is 4.52. The zero-order valence-corrected chi connectivity index (χ0v) is 10.1. The maximum absolute atomic E-state index is 12.2. The highest BCUT2D eigenvalue weighted by Gasteiger charge is 2.24. The molecule has 1 aromatic carbocycles. The third kappa shape index (κ3) is 2.84. The summed E-state index contributed by atoms with van der Waals surface area (Å²) in [6.07, 6.45) is 1.84. The second kappa shape index (κ2) is 5.29. The molecule has 1 aromatic rings. The third-order valence-corrected chi connectivity index (χ3v) is 3.16. The van der Waals surface area contributed by atoms with Crippen LogP contribution in [0.25, 0.3) is 0 Å². The number of carbonyl (C=O) groups is 1. The number of piperidine rings is 1. The van der Waals surface area contributed by atoms with Crippen LogP contribution in [0.1, 0.15) is 28.8 Å². The Morgan fingerprint density at radius 1 is 1.41 bits per heavy atom. The highest BCUT2D eigenvalue weighted by Crippen LogP contribution is 2.15. The van der Waals surface area contributed by atoms with Crippen LogP contribution in [0.15, 0.2) is 24.3 Å². The summed E-state index contributed by atoms with van der Waals surface area (Å²) in [5.41, 5.74) is 1.89. The van der Waals surface area contributed by atoms with Gasteiger partial charge < -0.3 is 4.90 Å². The first-order chi connectivity index (χ1) is 8.20. The third-order valence-electron chi connectivity index (χ3n) is 3.16. The van der Waals surface area contributed by atoms with E-state index in [-0.39, 0.29) is 12.0 Å². The molecule has 92 valence electrons. The van der Waals surface area contributed by atoms with Crippen molar-refractivity contribution in [3.8, 4) is 0 Å². The van der Waals surface area contributed by atoms with Gasteiger partial charge >= 0.3 is 0 Å². The number of hydrogen-bond acceptors (Lipinski definition) is 3. The van der Waals surface area contributed by atoms with Gasteiger partial charge in [-0.2, -0.15) is 0 Å². The minimum atomic E-state index is -0.0295. The minimum absolute atomic E-state index is 0.0295. The molecule has 17 heavy (non-hydrogen) atoms. The van der Waals surface area contributed by atoms with E-state index in [0.29, 0.717) is 6.54 Å². The molecule has 1 heterocycles. The van der Waals surface area contributed by atoms with Crippen LogP contribution in [-0.2, 0) is 4.84 Å². The van der Waals surface area contributed by atoms with Gasteiger partial charge in [-0.3, -0.25) is 9.63 Å². The maximum Gasteiger partial charge on any atom is 0.253 e. The predicted octanol–water partition coefficient (Wildman–Crippen LogP) is 1.49. The number of hydrogen-bond donors (Lipinski definition) is 1. The fourth-order valence-electron chi connectivity index (χ4n) is 2.11. The van der Waals surface area contributed by atoms with Gasteiger partial charge in [0.1, 0.15) is 0 Å². The summed E-state index contributed by atoms with van der Waals surface area (Å²) in [7, 11) is 0. The van der Waals surface area contributed by atoms with E-state index in [0.717, 1.165) is 30.5 Å². The van der Waals surface area contributed by atoms with Crippen molar-refractivity contribution >= 4 is 5.91 Å². The van der Waals surface area contributed by atoms with Crippen molar-refractivity contribution in [2.75, 3.05) is 13.1 Å². The topological polar surface area (TPSA) is 55.6 Å². The molecule has 1 unspecified atom stereocenters. The lowest BCUT2D eigenvalue weighted by atomic mass is 10.1. The molecule has 4 nitrogen and oxygen atoms in total. The molecule has 1 saturated heterocycles. The highest BCUT2D eigenvalue weighted by molar-refractivity contribution is 5.94. The number of carbonyl (C=O) groups excluding carboxylic acids is 1. The zero-order chi connectivity index (χ0) is 12.3. The van der Waals surface area contributed by atoms with Crippen LogP contribution in [0.5, 0.6) is 0 Å². The standard InChI is InChI=1S/C13H18N2O2/c1-10-4-6-11(7-5-10)13(16)15-8-2-3-12(9-15)17-14/h4-7,12H,2-3,8-9,14H2,1H3. The fourth-order valence-corrected chi connectivity index (χ4v) is 2.11. The Morgan fingerprint density at radius 3 is 2.76 bits per heavy atom. The summed E-state index contributed by atoms with van der Waals surface area (Å²) in [5.74, 6) is 5.25. The van der Waals surface area contributed by atoms with Gasteiger partial charge in [-0.25, -0.2) is 5.90 Å². The van der Waals surface area contributed by atoms with E-state index in [1.807, 2.05) is 36.1 Å². The van der Waals surface area contributed by atoms with Gasteiger partial charge in [0.05, 0.1) is 6.10 Å². The van der Waals surface area contributed by atoms with Crippen LogP contribution in [-0.4, -0.2) is 30.0 Å². The van der Waals surface area contributed by atoms with Gasteiger partial charge in [0.2, 0.25) is 0 Å². The molecule has 0 aromatic heterocycles. The lowest BCUT2D eigenvalue weighted by Crippen LogP contribution is -2.44. The van der Waals surface area contributed by atoms with Crippen LogP contribution >= 0.6 is 0 Å². The predicted molar refractivity (Wildman–Crippen MR) is 65.4 cm³/mol. The van der Waals surface area contributed by atoms with E-state index in [1.54, 1.807) is 0 Å². The van der Waals surface area contributed by atoms with Crippen molar-refractivity contribution < 1.29 is 9.63 Å². The first kappa shape index (κ1) is 12.1. The van der Waals surface area contributed by atoms with Crippen molar-refractivity contribution in [2.24, 2.45) is 5.90 Å². The van der Waals surface area contributed by atoms with Crippen LogP contribution in [0, 0.1) is 6.92 Å². The quantitative estimate of drug-likeness (QED) is 0.789. The minimum Gasteiger partial charge on any atom is -0.336 e. The molecule has 1 aliphatic rings. The van der Waals surface area contributed by atoms with E-state index in [2.05, 4.69) is 0 Å². The van der Waals surface area contributed by atoms with Crippen molar-refractivity contribution in [2.45, 2.75) is 25.9 Å². The Bertz CT molecular complexity index is 389. The van der Waals surface area contributed by atoms with E-state index in [9.17, 15) is 4.79 Å². The monoisotopic (exact) mass is 234 g/mol. The van der Waals surface area contributed by atoms with Crippen molar-refractivity contribution in [3.05, 3.63) is 35.4 Å². The van der Waals surface area contributed by atoms with E-state index < -0.39 is 0 Å². The van der Waals surface area contributed by atoms with E-state index in [1.165, 1.54) is 0 Å². The number of benzene rings is 1.